The van der Waals surface area contributed by atoms with E-state index in [-0.39, 0.29) is 18.1 Å². The van der Waals surface area contributed by atoms with E-state index >= 15 is 0 Å². The first-order valence-corrected chi connectivity index (χ1v) is 7.08. The predicted octanol–water partition coefficient (Wildman–Crippen LogP) is 1.34. The van der Waals surface area contributed by atoms with E-state index < -0.39 is 0 Å². The molecule has 2 rings (SSSR count). The number of amides is 1. The molecule has 0 unspecified atom stereocenters. The summed E-state index contributed by atoms with van der Waals surface area (Å²) in [4.78, 5) is 11.8. The minimum atomic E-state index is -0.376. The first-order valence-electron chi connectivity index (χ1n) is 6.70. The number of carbonyl (C=O) groups excluding carboxylic acids is 1. The Morgan fingerprint density at radius 3 is 2.80 bits per heavy atom. The molecule has 0 saturated carbocycles. The van der Waals surface area contributed by atoms with Crippen LogP contribution in [-0.4, -0.2) is 37.8 Å². The van der Waals surface area contributed by atoms with Crippen molar-refractivity contribution in [1.82, 2.24) is 5.32 Å². The second-order valence-corrected chi connectivity index (χ2v) is 5.09. The minimum absolute atomic E-state index is 0.0102. The van der Waals surface area contributed by atoms with Crippen molar-refractivity contribution in [2.24, 2.45) is 5.73 Å². The van der Waals surface area contributed by atoms with Crippen molar-refractivity contribution in [3.8, 4) is 5.75 Å². The molecule has 1 heterocycles. The normalized spacial score (nSPS) is 21.7. The molecule has 1 saturated heterocycles. The van der Waals surface area contributed by atoms with E-state index in [1.165, 1.54) is 0 Å². The van der Waals surface area contributed by atoms with Crippen LogP contribution in [0.25, 0.3) is 0 Å². The number of nitrogens with two attached hydrogens (primary N) is 1. The van der Waals surface area contributed by atoms with Gasteiger partial charge < -0.3 is 20.5 Å². The Morgan fingerprint density at radius 1 is 1.40 bits per heavy atom. The summed E-state index contributed by atoms with van der Waals surface area (Å²) in [6.07, 6.45) is 1.21. The molecule has 1 aliphatic rings. The van der Waals surface area contributed by atoms with Crippen LogP contribution in [0.15, 0.2) is 24.3 Å². The molecule has 1 fully saturated rings. The maximum atomic E-state index is 11.8. The van der Waals surface area contributed by atoms with Gasteiger partial charge in [0.2, 0.25) is 5.91 Å². The lowest BCUT2D eigenvalue weighted by Crippen LogP contribution is -2.37. The Hall–Kier alpha value is -1.30. The molecular weight excluding hydrogens is 280 g/mol. The van der Waals surface area contributed by atoms with Crippen molar-refractivity contribution in [1.29, 1.82) is 0 Å². The number of nitrogens with one attached hydrogen (secondary N) is 1. The molecule has 110 valence electrons. The maximum Gasteiger partial charge on any atom is 0.249 e. The Labute approximate surface area is 123 Å². The first kappa shape index (κ1) is 15.1. The van der Waals surface area contributed by atoms with Gasteiger partial charge in [0.15, 0.2) is 0 Å². The van der Waals surface area contributed by atoms with Crippen LogP contribution in [-0.2, 0) is 9.53 Å². The van der Waals surface area contributed by atoms with E-state index in [4.69, 9.17) is 26.8 Å². The van der Waals surface area contributed by atoms with Crippen molar-refractivity contribution in [2.45, 2.75) is 25.0 Å². The number of hydrogen-bond donors (Lipinski definition) is 2. The zero-order valence-corrected chi connectivity index (χ0v) is 11.9. The summed E-state index contributed by atoms with van der Waals surface area (Å²) in [7, 11) is 0. The molecule has 5 nitrogen and oxygen atoms in total. The number of halogens is 1. The fraction of sp³-hybridized carbons (Fsp3) is 0.500. The molecule has 20 heavy (non-hydrogen) atoms. The average Bonchev–Trinajstić information content (AvgIpc) is 2.94. The van der Waals surface area contributed by atoms with Gasteiger partial charge in [-0.1, -0.05) is 11.6 Å². The third-order valence-corrected chi connectivity index (χ3v) is 3.40. The van der Waals surface area contributed by atoms with Crippen LogP contribution < -0.4 is 15.8 Å². The molecule has 2 atom stereocenters. The molecule has 0 aliphatic carbocycles. The second-order valence-electron chi connectivity index (χ2n) is 4.65. The van der Waals surface area contributed by atoms with Gasteiger partial charge in [-0.2, -0.15) is 0 Å². The highest BCUT2D eigenvalue weighted by Crippen LogP contribution is 2.18. The third kappa shape index (κ3) is 4.37. The molecule has 0 bridgehead atoms. The summed E-state index contributed by atoms with van der Waals surface area (Å²) in [5, 5.41) is 3.46. The lowest BCUT2D eigenvalue weighted by molar-refractivity contribution is -0.131. The fourth-order valence-electron chi connectivity index (χ4n) is 2.06. The third-order valence-electron chi connectivity index (χ3n) is 3.15. The fourth-order valence-corrected chi connectivity index (χ4v) is 2.19. The highest BCUT2D eigenvalue weighted by atomic mass is 35.5. The van der Waals surface area contributed by atoms with E-state index in [9.17, 15) is 4.79 Å². The van der Waals surface area contributed by atoms with Gasteiger partial charge in [0.25, 0.3) is 0 Å². The van der Waals surface area contributed by atoms with Gasteiger partial charge in [-0.25, -0.2) is 0 Å². The Balaban J connectivity index is 1.63. The molecule has 1 aliphatic heterocycles. The predicted molar refractivity (Wildman–Crippen MR) is 76.9 cm³/mol. The maximum absolute atomic E-state index is 11.8. The molecule has 6 heteroatoms. The van der Waals surface area contributed by atoms with E-state index in [1.54, 1.807) is 24.3 Å². The topological polar surface area (TPSA) is 73.6 Å². The Bertz CT molecular complexity index is 439. The standard InChI is InChI=1S/C14H19ClN2O3/c15-10-1-3-11(4-2-10)19-8-7-17-14(18)13-6-5-12(9-16)20-13/h1-4,12-13H,5-9,16H2,(H,17,18)/t12-,13+/m1/s1. The molecule has 1 aromatic carbocycles. The highest BCUT2D eigenvalue weighted by Gasteiger charge is 2.29. The first-order chi connectivity index (χ1) is 9.69. The number of rotatable bonds is 6. The molecular formula is C14H19ClN2O3. The van der Waals surface area contributed by atoms with Crippen molar-refractivity contribution >= 4 is 17.5 Å². The lowest BCUT2D eigenvalue weighted by atomic mass is 10.2. The van der Waals surface area contributed by atoms with Crippen molar-refractivity contribution in [3.63, 3.8) is 0 Å². The van der Waals surface area contributed by atoms with Crippen LogP contribution in [0, 0.1) is 0 Å². The van der Waals surface area contributed by atoms with Gasteiger partial charge in [0.1, 0.15) is 18.5 Å². The Morgan fingerprint density at radius 2 is 2.15 bits per heavy atom. The summed E-state index contributed by atoms with van der Waals surface area (Å²) < 4.78 is 11.0. The van der Waals surface area contributed by atoms with Gasteiger partial charge in [-0.3, -0.25) is 4.79 Å². The van der Waals surface area contributed by atoms with Crippen molar-refractivity contribution < 1.29 is 14.3 Å². The summed E-state index contributed by atoms with van der Waals surface area (Å²) in [6, 6.07) is 7.09. The average molecular weight is 299 g/mol. The summed E-state index contributed by atoms with van der Waals surface area (Å²) >= 11 is 5.78. The van der Waals surface area contributed by atoms with Crippen LogP contribution in [0.5, 0.6) is 5.75 Å². The molecule has 3 N–H and O–H groups in total. The highest BCUT2D eigenvalue weighted by molar-refractivity contribution is 6.30. The quantitative estimate of drug-likeness (QED) is 0.777. The van der Waals surface area contributed by atoms with E-state index in [0.717, 1.165) is 18.6 Å². The second kappa shape index (κ2) is 7.47. The van der Waals surface area contributed by atoms with Crippen LogP contribution in [0.4, 0.5) is 0 Å². The molecule has 0 aromatic heterocycles. The van der Waals surface area contributed by atoms with Gasteiger partial charge in [0, 0.05) is 11.6 Å². The Kier molecular flexibility index (Phi) is 5.64. The number of carbonyl (C=O) groups is 1. The molecule has 0 spiro atoms. The van der Waals surface area contributed by atoms with Gasteiger partial charge in [0.05, 0.1) is 12.6 Å². The SMILES string of the molecule is NC[C@H]1CC[C@@H](C(=O)NCCOc2ccc(Cl)cc2)O1. The zero-order valence-electron chi connectivity index (χ0n) is 11.2. The number of ether oxygens (including phenoxy) is 2. The monoisotopic (exact) mass is 298 g/mol. The smallest absolute Gasteiger partial charge is 0.249 e. The van der Waals surface area contributed by atoms with Crippen LogP contribution in [0.3, 0.4) is 0 Å². The lowest BCUT2D eigenvalue weighted by Gasteiger charge is -2.13. The number of hydrogen-bond acceptors (Lipinski definition) is 4. The largest absolute Gasteiger partial charge is 0.492 e. The summed E-state index contributed by atoms with van der Waals surface area (Å²) in [6.45, 7) is 1.30. The molecule has 1 amide bonds. The van der Waals surface area contributed by atoms with Gasteiger partial charge in [-0.15, -0.1) is 0 Å². The minimum Gasteiger partial charge on any atom is -0.492 e. The van der Waals surface area contributed by atoms with E-state index in [2.05, 4.69) is 5.32 Å². The van der Waals surface area contributed by atoms with E-state index in [1.807, 2.05) is 0 Å². The van der Waals surface area contributed by atoms with Crippen LogP contribution in [0.2, 0.25) is 5.02 Å². The van der Waals surface area contributed by atoms with Gasteiger partial charge >= 0.3 is 0 Å². The van der Waals surface area contributed by atoms with Crippen LogP contribution in [0.1, 0.15) is 12.8 Å². The molecule has 0 radical (unpaired) electrons. The zero-order chi connectivity index (χ0) is 14.4. The van der Waals surface area contributed by atoms with Crippen molar-refractivity contribution in [3.05, 3.63) is 29.3 Å². The summed E-state index contributed by atoms with van der Waals surface area (Å²) in [5.74, 6) is 0.629. The van der Waals surface area contributed by atoms with Crippen LogP contribution >= 0.6 is 11.6 Å². The number of benzene rings is 1. The van der Waals surface area contributed by atoms with E-state index in [0.29, 0.717) is 24.7 Å². The summed E-state index contributed by atoms with van der Waals surface area (Å²) in [5.41, 5.74) is 5.51. The van der Waals surface area contributed by atoms with Crippen molar-refractivity contribution in [2.75, 3.05) is 19.7 Å². The van der Waals surface area contributed by atoms with Gasteiger partial charge in [-0.05, 0) is 37.1 Å². The molecule has 1 aromatic rings.